The van der Waals surface area contributed by atoms with E-state index in [1.165, 1.54) is 0 Å². The van der Waals surface area contributed by atoms with E-state index in [2.05, 4.69) is 5.32 Å². The van der Waals surface area contributed by atoms with Gasteiger partial charge >= 0.3 is 6.18 Å². The van der Waals surface area contributed by atoms with Crippen LogP contribution < -0.4 is 5.32 Å². The van der Waals surface area contributed by atoms with E-state index in [-0.39, 0.29) is 25.3 Å². The number of carbonyl (C=O) groups is 1. The van der Waals surface area contributed by atoms with Crippen molar-refractivity contribution in [2.75, 3.05) is 40.8 Å². The molecular weight excluding hydrogens is 271 g/mol. The molecule has 2 atom stereocenters. The number of piperidine rings is 1. The van der Waals surface area contributed by atoms with Crippen molar-refractivity contribution in [3.63, 3.8) is 0 Å². The molecule has 1 rings (SSSR count). The summed E-state index contributed by atoms with van der Waals surface area (Å²) in [6.45, 7) is 1.34. The second-order valence-electron chi connectivity index (χ2n) is 5.69. The van der Waals surface area contributed by atoms with Gasteiger partial charge < -0.3 is 15.1 Å². The first kappa shape index (κ1) is 17.2. The van der Waals surface area contributed by atoms with E-state index in [4.69, 9.17) is 0 Å². The first-order valence-corrected chi connectivity index (χ1v) is 6.91. The quantitative estimate of drug-likeness (QED) is 0.831. The van der Waals surface area contributed by atoms with Crippen LogP contribution in [-0.2, 0) is 4.79 Å². The number of halogens is 3. The van der Waals surface area contributed by atoms with E-state index in [9.17, 15) is 18.0 Å². The molecule has 0 bridgehead atoms. The molecule has 1 heterocycles. The lowest BCUT2D eigenvalue weighted by Crippen LogP contribution is -2.51. The van der Waals surface area contributed by atoms with Crippen molar-refractivity contribution in [1.82, 2.24) is 15.1 Å². The fourth-order valence-corrected chi connectivity index (χ4v) is 2.35. The van der Waals surface area contributed by atoms with Crippen molar-refractivity contribution >= 4 is 5.91 Å². The molecule has 2 unspecified atom stereocenters. The lowest BCUT2D eigenvalue weighted by molar-refractivity contribution is -0.180. The predicted molar refractivity (Wildman–Crippen MR) is 71.4 cm³/mol. The molecule has 1 aliphatic rings. The second kappa shape index (κ2) is 7.26. The number of hydrogen-bond donors (Lipinski definition) is 1. The van der Waals surface area contributed by atoms with Crippen molar-refractivity contribution < 1.29 is 18.0 Å². The molecule has 1 saturated heterocycles. The molecular formula is C13H24F3N3O. The fraction of sp³-hybridized carbons (Fsp3) is 0.923. The van der Waals surface area contributed by atoms with Gasteiger partial charge in [0.25, 0.3) is 0 Å². The van der Waals surface area contributed by atoms with Crippen LogP contribution in [0.2, 0.25) is 0 Å². The zero-order valence-corrected chi connectivity index (χ0v) is 12.3. The van der Waals surface area contributed by atoms with Crippen LogP contribution in [0.5, 0.6) is 0 Å². The molecule has 1 fully saturated rings. The Kier molecular flexibility index (Phi) is 6.26. The van der Waals surface area contributed by atoms with Gasteiger partial charge in [-0.3, -0.25) is 4.79 Å². The van der Waals surface area contributed by atoms with Gasteiger partial charge in [0.2, 0.25) is 5.91 Å². The number of likely N-dealkylation sites (N-methyl/N-ethyl adjacent to an activating group) is 1. The van der Waals surface area contributed by atoms with Crippen LogP contribution in [0.25, 0.3) is 0 Å². The smallest absolute Gasteiger partial charge is 0.344 e. The maximum Gasteiger partial charge on any atom is 0.393 e. The summed E-state index contributed by atoms with van der Waals surface area (Å²) in [7, 11) is 5.62. The van der Waals surface area contributed by atoms with Crippen molar-refractivity contribution in [3.8, 4) is 0 Å². The van der Waals surface area contributed by atoms with Gasteiger partial charge in [0.05, 0.1) is 12.0 Å². The van der Waals surface area contributed by atoms with Crippen molar-refractivity contribution in [2.24, 2.45) is 5.92 Å². The van der Waals surface area contributed by atoms with Gasteiger partial charge in [0.15, 0.2) is 0 Å². The third-order valence-electron chi connectivity index (χ3n) is 3.65. The molecule has 0 aromatic heterocycles. The van der Waals surface area contributed by atoms with E-state index in [1.54, 1.807) is 11.9 Å². The summed E-state index contributed by atoms with van der Waals surface area (Å²) in [6, 6.07) is -0.474. The van der Waals surface area contributed by atoms with Crippen molar-refractivity contribution in [2.45, 2.75) is 31.5 Å². The standard InChI is InChI=1S/C13H24F3N3O/c1-18(2)7-4-8-19(3)12(20)11-6-5-10(9-17-11)13(14,15)16/h10-11,17H,4-9H2,1-3H3. The monoisotopic (exact) mass is 295 g/mol. The Balaban J connectivity index is 2.35. The number of rotatable bonds is 5. The number of amides is 1. The van der Waals surface area contributed by atoms with E-state index in [0.717, 1.165) is 13.0 Å². The molecule has 1 N–H and O–H groups in total. The van der Waals surface area contributed by atoms with Crippen LogP contribution >= 0.6 is 0 Å². The topological polar surface area (TPSA) is 35.6 Å². The molecule has 20 heavy (non-hydrogen) atoms. The van der Waals surface area contributed by atoms with Gasteiger partial charge in [-0.05, 0) is 39.9 Å². The van der Waals surface area contributed by atoms with E-state index in [0.29, 0.717) is 6.54 Å². The molecule has 0 saturated carbocycles. The Labute approximate surface area is 118 Å². The molecule has 4 nitrogen and oxygen atoms in total. The second-order valence-corrected chi connectivity index (χ2v) is 5.69. The summed E-state index contributed by atoms with van der Waals surface area (Å²) in [5.41, 5.74) is 0. The minimum Gasteiger partial charge on any atom is -0.344 e. The highest BCUT2D eigenvalue weighted by atomic mass is 19.4. The fourth-order valence-electron chi connectivity index (χ4n) is 2.35. The summed E-state index contributed by atoms with van der Waals surface area (Å²) in [4.78, 5) is 15.7. The van der Waals surface area contributed by atoms with Crippen LogP contribution in [0, 0.1) is 5.92 Å². The molecule has 0 radical (unpaired) electrons. The molecule has 0 aromatic carbocycles. The third-order valence-corrected chi connectivity index (χ3v) is 3.65. The van der Waals surface area contributed by atoms with Crippen LogP contribution in [0.3, 0.4) is 0 Å². The Hall–Kier alpha value is -0.820. The van der Waals surface area contributed by atoms with Crippen molar-refractivity contribution in [3.05, 3.63) is 0 Å². The summed E-state index contributed by atoms with van der Waals surface area (Å²) in [6.07, 6.45) is -3.04. The molecule has 0 aromatic rings. The largest absolute Gasteiger partial charge is 0.393 e. The van der Waals surface area contributed by atoms with Gasteiger partial charge in [0, 0.05) is 20.1 Å². The molecule has 1 aliphatic heterocycles. The minimum absolute atomic E-state index is 0.0262. The van der Waals surface area contributed by atoms with Crippen LogP contribution in [0.4, 0.5) is 13.2 Å². The Morgan fingerprint density at radius 2 is 1.85 bits per heavy atom. The van der Waals surface area contributed by atoms with E-state index in [1.807, 2.05) is 19.0 Å². The maximum atomic E-state index is 12.5. The third kappa shape index (κ3) is 5.28. The average Bonchev–Trinajstić information content (AvgIpc) is 2.36. The first-order chi connectivity index (χ1) is 9.21. The highest BCUT2D eigenvalue weighted by Gasteiger charge is 2.42. The number of hydrogen-bond acceptors (Lipinski definition) is 3. The SMILES string of the molecule is CN(C)CCCN(C)C(=O)C1CCC(C(F)(F)F)CN1. The highest BCUT2D eigenvalue weighted by molar-refractivity contribution is 5.81. The van der Waals surface area contributed by atoms with E-state index < -0.39 is 18.1 Å². The average molecular weight is 295 g/mol. The predicted octanol–water partition coefficient (Wildman–Crippen LogP) is 1.33. The lowest BCUT2D eigenvalue weighted by Gasteiger charge is -2.32. The number of nitrogens with zero attached hydrogens (tertiary/aromatic N) is 2. The number of alkyl halides is 3. The van der Waals surface area contributed by atoms with Gasteiger partial charge in [-0.2, -0.15) is 13.2 Å². The number of nitrogens with one attached hydrogen (secondary N) is 1. The van der Waals surface area contributed by atoms with Gasteiger partial charge in [-0.1, -0.05) is 0 Å². The van der Waals surface area contributed by atoms with Gasteiger partial charge in [0.1, 0.15) is 0 Å². The zero-order chi connectivity index (χ0) is 15.3. The minimum atomic E-state index is -4.17. The lowest BCUT2D eigenvalue weighted by atomic mass is 9.93. The van der Waals surface area contributed by atoms with Crippen LogP contribution in [0.15, 0.2) is 0 Å². The normalized spacial score (nSPS) is 23.9. The summed E-state index contributed by atoms with van der Waals surface area (Å²) < 4.78 is 37.6. The summed E-state index contributed by atoms with van der Waals surface area (Å²) in [5.74, 6) is -1.44. The number of carbonyl (C=O) groups excluding carboxylic acids is 1. The summed E-state index contributed by atoms with van der Waals surface area (Å²) in [5, 5.41) is 2.73. The molecule has 0 aliphatic carbocycles. The van der Waals surface area contributed by atoms with Crippen LogP contribution in [-0.4, -0.2) is 68.7 Å². The zero-order valence-electron chi connectivity index (χ0n) is 12.3. The Morgan fingerprint density at radius 1 is 1.20 bits per heavy atom. The summed E-state index contributed by atoms with van der Waals surface area (Å²) >= 11 is 0. The molecule has 118 valence electrons. The van der Waals surface area contributed by atoms with E-state index >= 15 is 0 Å². The molecule has 7 heteroatoms. The molecule has 0 spiro atoms. The van der Waals surface area contributed by atoms with Crippen LogP contribution in [0.1, 0.15) is 19.3 Å². The molecule has 1 amide bonds. The van der Waals surface area contributed by atoms with Gasteiger partial charge in [-0.25, -0.2) is 0 Å². The first-order valence-electron chi connectivity index (χ1n) is 6.91. The highest BCUT2D eigenvalue weighted by Crippen LogP contribution is 2.32. The van der Waals surface area contributed by atoms with Crippen molar-refractivity contribution in [1.29, 1.82) is 0 Å². The van der Waals surface area contributed by atoms with Gasteiger partial charge in [-0.15, -0.1) is 0 Å². The maximum absolute atomic E-state index is 12.5. The Morgan fingerprint density at radius 3 is 2.30 bits per heavy atom. The Bertz CT molecular complexity index is 312.